The van der Waals surface area contributed by atoms with Gasteiger partial charge in [0, 0.05) is 10.9 Å². The summed E-state index contributed by atoms with van der Waals surface area (Å²) < 4.78 is 5.59. The monoisotopic (exact) mass is 317 g/mol. The molecule has 0 aliphatic carbocycles. The van der Waals surface area contributed by atoms with Crippen molar-refractivity contribution >= 4 is 22.8 Å². The van der Waals surface area contributed by atoms with E-state index in [1.54, 1.807) is 6.26 Å². The van der Waals surface area contributed by atoms with Crippen molar-refractivity contribution in [3.63, 3.8) is 0 Å². The maximum Gasteiger partial charge on any atom is 0.329 e. The standard InChI is InChI=1S/C18H23NO4/c1-5-8-18(4,17(21)22)19-15(20)9-13-10-23-16-12(3)11(2)6-7-14(13)16/h6-7,10H,5,8-9H2,1-4H3,(H,19,20)(H,21,22). The van der Waals surface area contributed by atoms with Gasteiger partial charge in [-0.2, -0.15) is 0 Å². The highest BCUT2D eigenvalue weighted by atomic mass is 16.4. The molecule has 0 saturated heterocycles. The van der Waals surface area contributed by atoms with E-state index in [-0.39, 0.29) is 12.3 Å². The maximum absolute atomic E-state index is 12.3. The summed E-state index contributed by atoms with van der Waals surface area (Å²) in [5.74, 6) is -1.33. The molecule has 0 aliphatic rings. The quantitative estimate of drug-likeness (QED) is 0.856. The lowest BCUT2D eigenvalue weighted by Crippen LogP contribution is -2.52. The lowest BCUT2D eigenvalue weighted by molar-refractivity contribution is -0.147. The maximum atomic E-state index is 12.3. The zero-order chi connectivity index (χ0) is 17.2. The Labute approximate surface area is 135 Å². The summed E-state index contributed by atoms with van der Waals surface area (Å²) in [6.07, 6.45) is 2.74. The van der Waals surface area contributed by atoms with Crippen molar-refractivity contribution in [2.24, 2.45) is 0 Å². The van der Waals surface area contributed by atoms with Crippen LogP contribution in [0.1, 0.15) is 43.4 Å². The van der Waals surface area contributed by atoms with E-state index >= 15 is 0 Å². The van der Waals surface area contributed by atoms with Crippen LogP contribution in [0.15, 0.2) is 22.8 Å². The van der Waals surface area contributed by atoms with Gasteiger partial charge in [0.25, 0.3) is 0 Å². The fraction of sp³-hybridized carbons (Fsp3) is 0.444. The van der Waals surface area contributed by atoms with Gasteiger partial charge < -0.3 is 14.8 Å². The lowest BCUT2D eigenvalue weighted by atomic mass is 9.95. The van der Waals surface area contributed by atoms with Gasteiger partial charge in [0.05, 0.1) is 12.7 Å². The Morgan fingerprint density at radius 3 is 2.61 bits per heavy atom. The molecular formula is C18H23NO4. The molecule has 23 heavy (non-hydrogen) atoms. The predicted octanol–water partition coefficient (Wildman–Crippen LogP) is 3.35. The van der Waals surface area contributed by atoms with Crippen LogP contribution in [0.25, 0.3) is 11.0 Å². The molecule has 1 atom stereocenters. The minimum Gasteiger partial charge on any atom is -0.480 e. The molecule has 0 fully saturated rings. The van der Waals surface area contributed by atoms with Crippen LogP contribution in [0.4, 0.5) is 0 Å². The normalized spacial score (nSPS) is 13.7. The van der Waals surface area contributed by atoms with Crippen LogP contribution in [0.5, 0.6) is 0 Å². The van der Waals surface area contributed by atoms with Gasteiger partial charge in [0.1, 0.15) is 11.1 Å². The van der Waals surface area contributed by atoms with Crippen LogP contribution in [0.2, 0.25) is 0 Å². The highest BCUT2D eigenvalue weighted by molar-refractivity contribution is 5.92. The molecule has 1 aromatic heterocycles. The van der Waals surface area contributed by atoms with Gasteiger partial charge in [0.2, 0.25) is 5.91 Å². The van der Waals surface area contributed by atoms with Gasteiger partial charge in [-0.1, -0.05) is 25.5 Å². The second-order valence-electron chi connectivity index (χ2n) is 6.26. The Kier molecular flexibility index (Phi) is 4.78. The van der Waals surface area contributed by atoms with Crippen LogP contribution in [-0.2, 0) is 16.0 Å². The van der Waals surface area contributed by atoms with Gasteiger partial charge in [-0.3, -0.25) is 4.79 Å². The highest BCUT2D eigenvalue weighted by Crippen LogP contribution is 2.27. The Morgan fingerprint density at radius 1 is 1.30 bits per heavy atom. The van der Waals surface area contributed by atoms with E-state index in [1.807, 2.05) is 32.9 Å². The van der Waals surface area contributed by atoms with Gasteiger partial charge in [-0.05, 0) is 38.3 Å². The first kappa shape index (κ1) is 17.1. The van der Waals surface area contributed by atoms with Crippen molar-refractivity contribution in [2.75, 3.05) is 0 Å². The smallest absolute Gasteiger partial charge is 0.329 e. The van der Waals surface area contributed by atoms with Crippen molar-refractivity contribution in [3.8, 4) is 0 Å². The van der Waals surface area contributed by atoms with Crippen LogP contribution in [0.3, 0.4) is 0 Å². The number of amides is 1. The molecule has 124 valence electrons. The molecule has 1 aromatic carbocycles. The van der Waals surface area contributed by atoms with Gasteiger partial charge in [-0.15, -0.1) is 0 Å². The number of aliphatic carboxylic acids is 1. The third-order valence-corrected chi connectivity index (χ3v) is 4.33. The van der Waals surface area contributed by atoms with E-state index in [1.165, 1.54) is 6.92 Å². The molecule has 1 heterocycles. The summed E-state index contributed by atoms with van der Waals surface area (Å²) >= 11 is 0. The van der Waals surface area contributed by atoms with Crippen molar-refractivity contribution < 1.29 is 19.1 Å². The van der Waals surface area contributed by atoms with Crippen LogP contribution in [0, 0.1) is 13.8 Å². The number of fused-ring (bicyclic) bond motifs is 1. The van der Waals surface area contributed by atoms with Crippen LogP contribution >= 0.6 is 0 Å². The van der Waals surface area contributed by atoms with E-state index in [2.05, 4.69) is 5.32 Å². The van der Waals surface area contributed by atoms with Gasteiger partial charge in [0.15, 0.2) is 0 Å². The number of carboxylic acids is 1. The fourth-order valence-electron chi connectivity index (χ4n) is 2.77. The second kappa shape index (κ2) is 6.44. The summed E-state index contributed by atoms with van der Waals surface area (Å²) in [7, 11) is 0. The molecular weight excluding hydrogens is 294 g/mol. The molecule has 1 unspecified atom stereocenters. The first-order valence-corrected chi connectivity index (χ1v) is 7.79. The SMILES string of the molecule is CCCC(C)(NC(=O)Cc1coc2c(C)c(C)ccc12)C(=O)O. The van der Waals surface area contributed by atoms with Gasteiger partial charge in [-0.25, -0.2) is 4.79 Å². The van der Waals surface area contributed by atoms with E-state index in [0.717, 1.165) is 27.7 Å². The number of aryl methyl sites for hydroxylation is 2. The zero-order valence-corrected chi connectivity index (χ0v) is 14.0. The van der Waals surface area contributed by atoms with Crippen molar-refractivity contribution in [1.29, 1.82) is 0 Å². The lowest BCUT2D eigenvalue weighted by Gasteiger charge is -2.25. The summed E-state index contributed by atoms with van der Waals surface area (Å²) in [6, 6.07) is 3.93. The average Bonchev–Trinajstić information content (AvgIpc) is 2.86. The molecule has 0 radical (unpaired) electrons. The average molecular weight is 317 g/mol. The van der Waals surface area contributed by atoms with Crippen molar-refractivity contribution in [1.82, 2.24) is 5.32 Å². The number of carbonyl (C=O) groups excluding carboxylic acids is 1. The molecule has 0 bridgehead atoms. The Balaban J connectivity index is 2.21. The Bertz CT molecular complexity index is 747. The number of carboxylic acid groups (broad SMARTS) is 1. The van der Waals surface area contributed by atoms with Crippen molar-refractivity contribution in [3.05, 3.63) is 35.1 Å². The van der Waals surface area contributed by atoms with E-state index < -0.39 is 11.5 Å². The number of benzene rings is 1. The topological polar surface area (TPSA) is 79.5 Å². The second-order valence-corrected chi connectivity index (χ2v) is 6.26. The summed E-state index contributed by atoms with van der Waals surface area (Å²) in [6.45, 7) is 7.42. The molecule has 5 nitrogen and oxygen atoms in total. The Morgan fingerprint density at radius 2 is 2.00 bits per heavy atom. The third kappa shape index (κ3) is 3.38. The minimum absolute atomic E-state index is 0.0993. The van der Waals surface area contributed by atoms with Crippen LogP contribution in [-0.4, -0.2) is 22.5 Å². The first-order valence-electron chi connectivity index (χ1n) is 7.79. The van der Waals surface area contributed by atoms with Crippen LogP contribution < -0.4 is 5.32 Å². The van der Waals surface area contributed by atoms with Gasteiger partial charge >= 0.3 is 5.97 Å². The number of rotatable bonds is 6. The molecule has 5 heteroatoms. The molecule has 2 rings (SSSR count). The largest absolute Gasteiger partial charge is 0.480 e. The number of nitrogens with one attached hydrogen (secondary N) is 1. The molecule has 2 aromatic rings. The molecule has 2 N–H and O–H groups in total. The fourth-order valence-corrected chi connectivity index (χ4v) is 2.77. The number of furan rings is 1. The number of hydrogen-bond acceptors (Lipinski definition) is 3. The van der Waals surface area contributed by atoms with E-state index in [0.29, 0.717) is 12.8 Å². The minimum atomic E-state index is -1.24. The third-order valence-electron chi connectivity index (χ3n) is 4.33. The number of carbonyl (C=O) groups is 2. The first-order chi connectivity index (χ1) is 10.8. The summed E-state index contributed by atoms with van der Waals surface area (Å²) in [4.78, 5) is 23.7. The molecule has 0 aliphatic heterocycles. The summed E-state index contributed by atoms with van der Waals surface area (Å²) in [5.41, 5.74) is 2.49. The Hall–Kier alpha value is -2.30. The molecule has 1 amide bonds. The number of hydrogen-bond donors (Lipinski definition) is 2. The van der Waals surface area contributed by atoms with E-state index in [9.17, 15) is 14.7 Å². The predicted molar refractivity (Wildman–Crippen MR) is 88.5 cm³/mol. The summed E-state index contributed by atoms with van der Waals surface area (Å²) in [5, 5.41) is 12.9. The van der Waals surface area contributed by atoms with Crippen molar-refractivity contribution in [2.45, 2.75) is 52.5 Å². The molecule has 0 spiro atoms. The molecule has 0 saturated carbocycles. The highest BCUT2D eigenvalue weighted by Gasteiger charge is 2.33. The van der Waals surface area contributed by atoms with E-state index in [4.69, 9.17) is 4.42 Å². The zero-order valence-electron chi connectivity index (χ0n) is 14.0.